The van der Waals surface area contributed by atoms with Crippen molar-refractivity contribution in [3.8, 4) is 17.2 Å². The van der Waals surface area contributed by atoms with Crippen LogP contribution in [0.2, 0.25) is 0 Å². The molecule has 6 heteroatoms. The van der Waals surface area contributed by atoms with Crippen LogP contribution in [0.4, 0.5) is 0 Å². The van der Waals surface area contributed by atoms with Gasteiger partial charge in [0.25, 0.3) is 0 Å². The molecule has 0 heterocycles. The van der Waals surface area contributed by atoms with Crippen molar-refractivity contribution in [2.45, 2.75) is 19.8 Å². The van der Waals surface area contributed by atoms with Crippen LogP contribution in [0.1, 0.15) is 18.1 Å². The van der Waals surface area contributed by atoms with Crippen molar-refractivity contribution in [3.05, 3.63) is 53.6 Å². The Morgan fingerprint density at radius 2 is 1.61 bits per heavy atom. The highest BCUT2D eigenvalue weighted by Crippen LogP contribution is 2.24. The number of hydrogen-bond acceptors (Lipinski definition) is 4. The van der Waals surface area contributed by atoms with Crippen molar-refractivity contribution in [3.63, 3.8) is 0 Å². The lowest BCUT2D eigenvalue weighted by molar-refractivity contribution is 0.398. The zero-order valence-corrected chi connectivity index (χ0v) is 17.2. The van der Waals surface area contributed by atoms with Gasteiger partial charge in [0.1, 0.15) is 17.2 Å². The van der Waals surface area contributed by atoms with Gasteiger partial charge in [-0.1, -0.05) is 18.2 Å². The van der Waals surface area contributed by atoms with E-state index in [2.05, 4.69) is 28.6 Å². The van der Waals surface area contributed by atoms with Gasteiger partial charge in [0.15, 0.2) is 5.96 Å². The SMILES string of the molecule is CCNC(=NCCc1ccccc1OC)NCCc1cc(OC)ccc1OC. The summed E-state index contributed by atoms with van der Waals surface area (Å²) in [6.07, 6.45) is 1.63. The van der Waals surface area contributed by atoms with E-state index in [1.54, 1.807) is 21.3 Å². The molecule has 28 heavy (non-hydrogen) atoms. The quantitative estimate of drug-likeness (QED) is 0.486. The lowest BCUT2D eigenvalue weighted by Crippen LogP contribution is -2.38. The Morgan fingerprint density at radius 3 is 2.32 bits per heavy atom. The molecule has 0 saturated carbocycles. The molecule has 0 radical (unpaired) electrons. The first-order valence-corrected chi connectivity index (χ1v) is 9.56. The first-order chi connectivity index (χ1) is 13.7. The maximum Gasteiger partial charge on any atom is 0.191 e. The molecule has 0 aliphatic heterocycles. The van der Waals surface area contributed by atoms with E-state index in [0.29, 0.717) is 6.54 Å². The fourth-order valence-corrected chi connectivity index (χ4v) is 2.93. The molecular formula is C22H31N3O3. The summed E-state index contributed by atoms with van der Waals surface area (Å²) in [5.74, 6) is 3.40. The standard InChI is InChI=1S/C22H31N3O3/c1-5-23-22(24-14-12-17-8-6-7-9-20(17)27-3)25-15-13-18-16-19(26-2)10-11-21(18)28-4/h6-11,16H,5,12-15H2,1-4H3,(H2,23,24,25). The number of hydrogen-bond donors (Lipinski definition) is 2. The van der Waals surface area contributed by atoms with Crippen LogP contribution >= 0.6 is 0 Å². The van der Waals surface area contributed by atoms with E-state index in [1.807, 2.05) is 36.4 Å². The van der Waals surface area contributed by atoms with Crippen molar-refractivity contribution >= 4 is 5.96 Å². The Hall–Kier alpha value is -2.89. The molecule has 2 aromatic carbocycles. The monoisotopic (exact) mass is 385 g/mol. The highest BCUT2D eigenvalue weighted by Gasteiger charge is 2.06. The molecule has 2 rings (SSSR count). The highest BCUT2D eigenvalue weighted by atomic mass is 16.5. The molecule has 0 fully saturated rings. The van der Waals surface area contributed by atoms with Crippen LogP contribution in [0, 0.1) is 0 Å². The number of aliphatic imine (C=N–C) groups is 1. The summed E-state index contributed by atoms with van der Waals surface area (Å²) in [4.78, 5) is 4.67. The van der Waals surface area contributed by atoms with Crippen LogP contribution < -0.4 is 24.8 Å². The number of ether oxygens (including phenoxy) is 3. The van der Waals surface area contributed by atoms with Gasteiger partial charge in [0.05, 0.1) is 21.3 Å². The first-order valence-electron chi connectivity index (χ1n) is 9.56. The van der Waals surface area contributed by atoms with Crippen molar-refractivity contribution in [1.82, 2.24) is 10.6 Å². The third-order valence-corrected chi connectivity index (χ3v) is 4.36. The Labute approximate surface area is 167 Å². The maximum atomic E-state index is 5.44. The van der Waals surface area contributed by atoms with Crippen molar-refractivity contribution in [2.24, 2.45) is 4.99 Å². The van der Waals surface area contributed by atoms with Gasteiger partial charge in [0.2, 0.25) is 0 Å². The Kier molecular flexibility index (Phi) is 8.98. The van der Waals surface area contributed by atoms with E-state index < -0.39 is 0 Å². The summed E-state index contributed by atoms with van der Waals surface area (Å²) < 4.78 is 16.2. The molecule has 0 aromatic heterocycles. The van der Waals surface area contributed by atoms with Crippen LogP contribution in [-0.2, 0) is 12.8 Å². The topological polar surface area (TPSA) is 64.1 Å². The second-order valence-corrected chi connectivity index (χ2v) is 6.18. The fraction of sp³-hybridized carbons (Fsp3) is 0.409. The number of nitrogens with one attached hydrogen (secondary N) is 2. The summed E-state index contributed by atoms with van der Waals surface area (Å²) in [6.45, 7) is 4.29. The zero-order chi connectivity index (χ0) is 20.2. The lowest BCUT2D eigenvalue weighted by atomic mass is 10.1. The summed E-state index contributed by atoms with van der Waals surface area (Å²) in [5, 5.41) is 6.67. The second-order valence-electron chi connectivity index (χ2n) is 6.18. The van der Waals surface area contributed by atoms with E-state index in [0.717, 1.165) is 60.3 Å². The van der Waals surface area contributed by atoms with E-state index in [-0.39, 0.29) is 0 Å². The van der Waals surface area contributed by atoms with Gasteiger partial charge in [0, 0.05) is 19.6 Å². The van der Waals surface area contributed by atoms with E-state index in [1.165, 1.54) is 0 Å². The minimum absolute atomic E-state index is 0.679. The maximum absolute atomic E-state index is 5.44. The van der Waals surface area contributed by atoms with Gasteiger partial charge >= 0.3 is 0 Å². The van der Waals surface area contributed by atoms with Crippen LogP contribution in [-0.4, -0.2) is 46.9 Å². The molecular weight excluding hydrogens is 354 g/mol. The molecule has 6 nitrogen and oxygen atoms in total. The predicted octanol–water partition coefficient (Wildman–Crippen LogP) is 3.05. The number of para-hydroxylation sites is 1. The van der Waals surface area contributed by atoms with Crippen molar-refractivity contribution < 1.29 is 14.2 Å². The van der Waals surface area contributed by atoms with Gasteiger partial charge in [-0.05, 0) is 55.2 Å². The third-order valence-electron chi connectivity index (χ3n) is 4.36. The molecule has 2 N–H and O–H groups in total. The van der Waals surface area contributed by atoms with E-state index >= 15 is 0 Å². The zero-order valence-electron chi connectivity index (χ0n) is 17.2. The molecule has 0 aliphatic rings. The summed E-state index contributed by atoms with van der Waals surface area (Å²) in [6, 6.07) is 13.9. The smallest absolute Gasteiger partial charge is 0.191 e. The molecule has 0 atom stereocenters. The largest absolute Gasteiger partial charge is 0.497 e. The first kappa shape index (κ1) is 21.4. The molecule has 0 aliphatic carbocycles. The summed E-state index contributed by atoms with van der Waals surface area (Å²) in [5.41, 5.74) is 2.25. The summed E-state index contributed by atoms with van der Waals surface area (Å²) in [7, 11) is 5.05. The van der Waals surface area contributed by atoms with E-state index in [4.69, 9.17) is 14.2 Å². The van der Waals surface area contributed by atoms with Crippen molar-refractivity contribution in [2.75, 3.05) is 41.0 Å². The van der Waals surface area contributed by atoms with Gasteiger partial charge in [-0.15, -0.1) is 0 Å². The average molecular weight is 386 g/mol. The molecule has 0 amide bonds. The number of benzene rings is 2. The predicted molar refractivity (Wildman–Crippen MR) is 114 cm³/mol. The lowest BCUT2D eigenvalue weighted by Gasteiger charge is -2.14. The molecule has 2 aromatic rings. The molecule has 152 valence electrons. The molecule has 0 saturated heterocycles. The van der Waals surface area contributed by atoms with Gasteiger partial charge < -0.3 is 24.8 Å². The van der Waals surface area contributed by atoms with Gasteiger partial charge in [-0.2, -0.15) is 0 Å². The second kappa shape index (κ2) is 11.7. The number of methoxy groups -OCH3 is 3. The van der Waals surface area contributed by atoms with Crippen LogP contribution in [0.5, 0.6) is 17.2 Å². The van der Waals surface area contributed by atoms with Crippen LogP contribution in [0.25, 0.3) is 0 Å². The Morgan fingerprint density at radius 1 is 0.857 bits per heavy atom. The number of rotatable bonds is 10. The Balaban J connectivity index is 1.93. The summed E-state index contributed by atoms with van der Waals surface area (Å²) >= 11 is 0. The minimum atomic E-state index is 0.679. The third kappa shape index (κ3) is 6.37. The van der Waals surface area contributed by atoms with Gasteiger partial charge in [-0.3, -0.25) is 4.99 Å². The average Bonchev–Trinajstić information content (AvgIpc) is 2.74. The Bertz CT molecular complexity index is 762. The highest BCUT2D eigenvalue weighted by molar-refractivity contribution is 5.79. The van der Waals surface area contributed by atoms with Crippen LogP contribution in [0.3, 0.4) is 0 Å². The van der Waals surface area contributed by atoms with E-state index in [9.17, 15) is 0 Å². The van der Waals surface area contributed by atoms with Crippen molar-refractivity contribution in [1.29, 1.82) is 0 Å². The van der Waals surface area contributed by atoms with Gasteiger partial charge in [-0.25, -0.2) is 0 Å². The minimum Gasteiger partial charge on any atom is -0.497 e. The normalized spacial score (nSPS) is 11.1. The molecule has 0 unspecified atom stereocenters. The molecule has 0 bridgehead atoms. The number of guanidine groups is 1. The van der Waals surface area contributed by atoms with Crippen LogP contribution in [0.15, 0.2) is 47.5 Å². The fourth-order valence-electron chi connectivity index (χ4n) is 2.93. The molecule has 0 spiro atoms. The number of nitrogens with zero attached hydrogens (tertiary/aromatic N) is 1.